The zero-order valence-electron chi connectivity index (χ0n) is 8.64. The minimum Gasteiger partial charge on any atom is -0.341 e. The van der Waals surface area contributed by atoms with Crippen molar-refractivity contribution in [3.8, 4) is 0 Å². The fraction of sp³-hybridized carbons (Fsp3) is 0.900. The number of hydrogen-bond acceptors (Lipinski definition) is 1. The highest BCUT2D eigenvalue weighted by Crippen LogP contribution is 2.27. The van der Waals surface area contributed by atoms with Gasteiger partial charge in [0.15, 0.2) is 0 Å². The second-order valence-electron chi connectivity index (χ2n) is 4.76. The molecular formula is C10H18ClNO. The molecular weight excluding hydrogens is 186 g/mol. The Labute approximate surface area is 85.2 Å². The van der Waals surface area contributed by atoms with Crippen LogP contribution in [0, 0.1) is 5.41 Å². The van der Waals surface area contributed by atoms with Crippen LogP contribution in [-0.2, 0) is 4.79 Å². The Morgan fingerprint density at radius 3 is 2.15 bits per heavy atom. The lowest BCUT2D eigenvalue weighted by molar-refractivity contribution is -0.131. The van der Waals surface area contributed by atoms with Gasteiger partial charge >= 0.3 is 0 Å². The highest BCUT2D eigenvalue weighted by atomic mass is 35.5. The molecule has 0 bridgehead atoms. The van der Waals surface area contributed by atoms with E-state index in [4.69, 9.17) is 11.6 Å². The number of hydrogen-bond donors (Lipinski definition) is 0. The predicted octanol–water partition coefficient (Wildman–Crippen LogP) is 2.26. The van der Waals surface area contributed by atoms with E-state index in [0.717, 1.165) is 25.9 Å². The molecule has 0 aromatic heterocycles. The Kier molecular flexibility index (Phi) is 3.23. The Bertz CT molecular complexity index is 192. The molecule has 3 heteroatoms. The molecule has 1 heterocycles. The van der Waals surface area contributed by atoms with E-state index in [9.17, 15) is 4.79 Å². The largest absolute Gasteiger partial charge is 0.341 e. The molecule has 0 N–H and O–H groups in total. The molecule has 0 aromatic rings. The van der Waals surface area contributed by atoms with E-state index in [1.165, 1.54) is 0 Å². The number of rotatable bonds is 1. The third kappa shape index (κ3) is 2.60. The number of carbonyl (C=O) groups is 1. The molecule has 1 fully saturated rings. The number of likely N-dealkylation sites (tertiary alicyclic amines) is 1. The van der Waals surface area contributed by atoms with Crippen LogP contribution in [0.4, 0.5) is 0 Å². The Balaban J connectivity index is 2.56. The molecule has 0 spiro atoms. The molecule has 1 rings (SSSR count). The van der Waals surface area contributed by atoms with E-state index < -0.39 is 0 Å². The van der Waals surface area contributed by atoms with Gasteiger partial charge in [0.05, 0.1) is 0 Å². The second kappa shape index (κ2) is 3.87. The maximum absolute atomic E-state index is 11.8. The first-order valence-corrected chi connectivity index (χ1v) is 5.29. The van der Waals surface area contributed by atoms with Crippen molar-refractivity contribution < 1.29 is 4.79 Å². The smallest absolute Gasteiger partial charge is 0.241 e. The first-order chi connectivity index (χ1) is 5.93. The van der Waals surface area contributed by atoms with Gasteiger partial charge in [-0.05, 0) is 18.3 Å². The summed E-state index contributed by atoms with van der Waals surface area (Å²) in [6.07, 6.45) is 2.25. The van der Waals surface area contributed by atoms with Gasteiger partial charge in [-0.3, -0.25) is 4.79 Å². The van der Waals surface area contributed by atoms with E-state index in [2.05, 4.69) is 0 Å². The summed E-state index contributed by atoms with van der Waals surface area (Å²) in [4.78, 5) is 13.7. The molecule has 0 radical (unpaired) electrons. The molecule has 0 aromatic carbocycles. The average Bonchev–Trinajstić information content (AvgIpc) is 2.51. The van der Waals surface area contributed by atoms with Crippen LogP contribution in [0.25, 0.3) is 0 Å². The summed E-state index contributed by atoms with van der Waals surface area (Å²) in [5, 5.41) is -0.384. The van der Waals surface area contributed by atoms with Gasteiger partial charge in [0.2, 0.25) is 5.91 Å². The van der Waals surface area contributed by atoms with E-state index in [1.807, 2.05) is 25.7 Å². The molecule has 2 nitrogen and oxygen atoms in total. The van der Waals surface area contributed by atoms with Crippen molar-refractivity contribution in [3.05, 3.63) is 0 Å². The topological polar surface area (TPSA) is 20.3 Å². The fourth-order valence-electron chi connectivity index (χ4n) is 1.47. The van der Waals surface area contributed by atoms with Crippen molar-refractivity contribution in [2.24, 2.45) is 5.41 Å². The van der Waals surface area contributed by atoms with Crippen molar-refractivity contribution >= 4 is 17.5 Å². The number of carbonyl (C=O) groups excluding carboxylic acids is 1. The van der Waals surface area contributed by atoms with Crippen molar-refractivity contribution in [2.75, 3.05) is 13.1 Å². The van der Waals surface area contributed by atoms with E-state index in [1.54, 1.807) is 0 Å². The summed E-state index contributed by atoms with van der Waals surface area (Å²) in [6.45, 7) is 7.77. The van der Waals surface area contributed by atoms with E-state index in [0.29, 0.717) is 0 Å². The van der Waals surface area contributed by atoms with Crippen LogP contribution in [0.2, 0.25) is 0 Å². The average molecular weight is 204 g/mol. The molecule has 1 amide bonds. The third-order valence-corrected chi connectivity index (χ3v) is 3.24. The Morgan fingerprint density at radius 1 is 1.31 bits per heavy atom. The third-order valence-electron chi connectivity index (χ3n) is 2.39. The summed E-state index contributed by atoms with van der Waals surface area (Å²) in [5.74, 6) is 0.103. The summed E-state index contributed by atoms with van der Waals surface area (Å²) < 4.78 is 0. The summed E-state index contributed by atoms with van der Waals surface area (Å²) in [5.41, 5.74) is -0.138. The van der Waals surface area contributed by atoms with Crippen LogP contribution in [0.3, 0.4) is 0 Å². The summed E-state index contributed by atoms with van der Waals surface area (Å²) in [6, 6.07) is 0. The van der Waals surface area contributed by atoms with Gasteiger partial charge in [0.25, 0.3) is 0 Å². The van der Waals surface area contributed by atoms with E-state index in [-0.39, 0.29) is 16.7 Å². The van der Waals surface area contributed by atoms with Gasteiger partial charge in [0.1, 0.15) is 5.38 Å². The lowest BCUT2D eigenvalue weighted by atomic mass is 9.91. The zero-order chi connectivity index (χ0) is 10.1. The first-order valence-electron chi connectivity index (χ1n) is 4.86. The maximum Gasteiger partial charge on any atom is 0.241 e. The molecule has 1 aliphatic rings. The quantitative estimate of drug-likeness (QED) is 0.599. The molecule has 76 valence electrons. The highest BCUT2D eigenvalue weighted by Gasteiger charge is 2.33. The van der Waals surface area contributed by atoms with Gasteiger partial charge in [0, 0.05) is 13.1 Å². The normalized spacial score (nSPS) is 20.5. The van der Waals surface area contributed by atoms with Crippen LogP contribution in [0.1, 0.15) is 33.6 Å². The van der Waals surface area contributed by atoms with Crippen LogP contribution < -0.4 is 0 Å². The van der Waals surface area contributed by atoms with Gasteiger partial charge in [-0.1, -0.05) is 20.8 Å². The number of nitrogens with zero attached hydrogens (tertiary/aromatic N) is 1. The van der Waals surface area contributed by atoms with Crippen LogP contribution >= 0.6 is 11.6 Å². The van der Waals surface area contributed by atoms with Crippen LogP contribution in [0.15, 0.2) is 0 Å². The Hall–Kier alpha value is -0.240. The van der Waals surface area contributed by atoms with Crippen molar-refractivity contribution in [1.29, 1.82) is 0 Å². The highest BCUT2D eigenvalue weighted by molar-refractivity contribution is 6.31. The lowest BCUT2D eigenvalue weighted by Crippen LogP contribution is -2.40. The zero-order valence-corrected chi connectivity index (χ0v) is 9.40. The lowest BCUT2D eigenvalue weighted by Gasteiger charge is -2.28. The number of amides is 1. The molecule has 13 heavy (non-hydrogen) atoms. The maximum atomic E-state index is 11.8. The van der Waals surface area contributed by atoms with E-state index >= 15 is 0 Å². The monoisotopic (exact) mass is 203 g/mol. The SMILES string of the molecule is CC(C)(C)C(Cl)C(=O)N1CCCC1. The fourth-order valence-corrected chi connectivity index (χ4v) is 1.61. The minimum atomic E-state index is -0.384. The van der Waals surface area contributed by atoms with Gasteiger partial charge in [-0.2, -0.15) is 0 Å². The number of alkyl halides is 1. The molecule has 1 aliphatic heterocycles. The van der Waals surface area contributed by atoms with Gasteiger partial charge in [-0.15, -0.1) is 11.6 Å². The Morgan fingerprint density at radius 2 is 1.77 bits per heavy atom. The molecule has 1 unspecified atom stereocenters. The van der Waals surface area contributed by atoms with Crippen LogP contribution in [0.5, 0.6) is 0 Å². The summed E-state index contributed by atoms with van der Waals surface area (Å²) >= 11 is 6.10. The standard InChI is InChI=1S/C10H18ClNO/c1-10(2,3)8(11)9(13)12-6-4-5-7-12/h8H,4-7H2,1-3H3. The number of halogens is 1. The second-order valence-corrected chi connectivity index (χ2v) is 5.20. The molecule has 1 saturated heterocycles. The first kappa shape index (κ1) is 10.8. The van der Waals surface area contributed by atoms with Crippen LogP contribution in [-0.4, -0.2) is 29.3 Å². The predicted molar refractivity (Wildman–Crippen MR) is 54.9 cm³/mol. The molecule has 0 aliphatic carbocycles. The van der Waals surface area contributed by atoms with Gasteiger partial charge < -0.3 is 4.90 Å². The van der Waals surface area contributed by atoms with Crippen molar-refractivity contribution in [1.82, 2.24) is 4.90 Å². The molecule has 0 saturated carbocycles. The van der Waals surface area contributed by atoms with Gasteiger partial charge in [-0.25, -0.2) is 0 Å². The van der Waals surface area contributed by atoms with Crippen molar-refractivity contribution in [2.45, 2.75) is 39.0 Å². The minimum absolute atomic E-state index is 0.103. The van der Waals surface area contributed by atoms with Crippen molar-refractivity contribution in [3.63, 3.8) is 0 Å². The molecule has 1 atom stereocenters. The summed E-state index contributed by atoms with van der Waals surface area (Å²) in [7, 11) is 0.